The number of hydrogen-bond donors (Lipinski definition) is 1. The molecule has 8 heteroatoms. The Morgan fingerprint density at radius 1 is 1.31 bits per heavy atom. The Morgan fingerprint density at radius 3 is 2.69 bits per heavy atom. The minimum atomic E-state index is -0.239. The summed E-state index contributed by atoms with van der Waals surface area (Å²) in [7, 11) is 0. The molecule has 1 aromatic heterocycles. The second-order valence-electron chi connectivity index (χ2n) is 6.52. The van der Waals surface area contributed by atoms with Gasteiger partial charge >= 0.3 is 0 Å². The van der Waals surface area contributed by atoms with E-state index in [2.05, 4.69) is 20.3 Å². The maximum atomic E-state index is 12.4. The van der Waals surface area contributed by atoms with Crippen LogP contribution in [-0.2, 0) is 11.3 Å². The third-order valence-electron chi connectivity index (χ3n) is 4.63. The van der Waals surface area contributed by atoms with Gasteiger partial charge in [-0.15, -0.1) is 0 Å². The van der Waals surface area contributed by atoms with Gasteiger partial charge in [0.2, 0.25) is 11.8 Å². The predicted octanol–water partition coefficient (Wildman–Crippen LogP) is 3.43. The van der Waals surface area contributed by atoms with Crippen LogP contribution in [0.3, 0.4) is 0 Å². The largest absolute Gasteiger partial charge is 0.338 e. The Kier molecular flexibility index (Phi) is 6.19. The molecule has 0 saturated carbocycles. The zero-order chi connectivity index (χ0) is 18.7. The van der Waals surface area contributed by atoms with Crippen LogP contribution in [0.4, 0.5) is 5.88 Å². The third kappa shape index (κ3) is 4.57. The fourth-order valence-corrected chi connectivity index (χ4v) is 3.41. The first kappa shape index (κ1) is 19.2. The summed E-state index contributed by atoms with van der Waals surface area (Å²) in [5, 5.41) is 7.74. The van der Waals surface area contributed by atoms with Crippen LogP contribution in [-0.4, -0.2) is 53.1 Å². The molecule has 1 amide bonds. The second-order valence-corrected chi connectivity index (χ2v) is 7.31. The predicted molar refractivity (Wildman–Crippen MR) is 103 cm³/mol. The average molecular weight is 397 g/mol. The van der Waals surface area contributed by atoms with Crippen LogP contribution in [0.1, 0.15) is 18.2 Å². The van der Waals surface area contributed by atoms with Crippen molar-refractivity contribution in [2.45, 2.75) is 26.4 Å². The quantitative estimate of drug-likeness (QED) is 0.838. The summed E-state index contributed by atoms with van der Waals surface area (Å²) in [5.74, 6) is 0.293. The summed E-state index contributed by atoms with van der Waals surface area (Å²) < 4.78 is 5.04. The topological polar surface area (TPSA) is 61.6 Å². The van der Waals surface area contributed by atoms with Gasteiger partial charge in [-0.05, 0) is 25.5 Å². The summed E-state index contributed by atoms with van der Waals surface area (Å²) in [6.45, 7) is 7.81. The van der Waals surface area contributed by atoms with Crippen LogP contribution in [0, 0.1) is 6.92 Å². The molecule has 26 heavy (non-hydrogen) atoms. The van der Waals surface area contributed by atoms with E-state index in [0.717, 1.165) is 44.0 Å². The Balaban J connectivity index is 1.51. The van der Waals surface area contributed by atoms with Crippen LogP contribution in [0.5, 0.6) is 0 Å². The first-order valence-corrected chi connectivity index (χ1v) is 9.33. The van der Waals surface area contributed by atoms with Gasteiger partial charge in [0, 0.05) is 38.8 Å². The van der Waals surface area contributed by atoms with E-state index in [1.54, 1.807) is 12.1 Å². The molecular weight excluding hydrogens is 375 g/mol. The number of halogens is 2. The Hall–Kier alpha value is -1.60. The van der Waals surface area contributed by atoms with E-state index in [1.807, 2.05) is 26.0 Å². The highest BCUT2D eigenvalue weighted by Crippen LogP contribution is 2.26. The van der Waals surface area contributed by atoms with Gasteiger partial charge in [0.1, 0.15) is 0 Å². The number of aryl methyl sites for hydroxylation is 1. The molecule has 1 N–H and O–H groups in total. The van der Waals surface area contributed by atoms with Gasteiger partial charge in [-0.2, -0.15) is 0 Å². The van der Waals surface area contributed by atoms with Crippen molar-refractivity contribution in [2.75, 3.05) is 31.5 Å². The number of rotatable bonds is 5. The molecule has 0 radical (unpaired) electrons. The number of nitrogens with zero attached hydrogens (tertiary/aromatic N) is 3. The highest BCUT2D eigenvalue weighted by molar-refractivity contribution is 6.42. The molecule has 1 unspecified atom stereocenters. The van der Waals surface area contributed by atoms with Gasteiger partial charge in [-0.3, -0.25) is 19.9 Å². The number of nitrogens with one attached hydrogen (secondary N) is 1. The Morgan fingerprint density at radius 2 is 2.04 bits per heavy atom. The number of carbonyl (C=O) groups excluding carboxylic acids is 1. The van der Waals surface area contributed by atoms with Crippen molar-refractivity contribution < 1.29 is 9.32 Å². The van der Waals surface area contributed by atoms with Gasteiger partial charge in [-0.1, -0.05) is 40.5 Å². The van der Waals surface area contributed by atoms with E-state index in [-0.39, 0.29) is 11.9 Å². The smallest absolute Gasteiger partial charge is 0.243 e. The van der Waals surface area contributed by atoms with Crippen molar-refractivity contribution in [3.8, 4) is 0 Å². The summed E-state index contributed by atoms with van der Waals surface area (Å²) in [4.78, 5) is 16.9. The monoisotopic (exact) mass is 396 g/mol. The van der Waals surface area contributed by atoms with E-state index >= 15 is 0 Å². The average Bonchev–Trinajstić information content (AvgIpc) is 3.04. The zero-order valence-corrected chi connectivity index (χ0v) is 16.3. The fourth-order valence-electron chi connectivity index (χ4n) is 3.03. The SMILES string of the molecule is Cc1cc(NC(=O)C(C)N2CCN(Cc3cccc(Cl)c3Cl)CC2)on1. The summed E-state index contributed by atoms with van der Waals surface area (Å²) in [6.07, 6.45) is 0. The first-order chi connectivity index (χ1) is 12.4. The van der Waals surface area contributed by atoms with Crippen LogP contribution in [0.15, 0.2) is 28.8 Å². The van der Waals surface area contributed by atoms with Gasteiger partial charge < -0.3 is 4.52 Å². The lowest BCUT2D eigenvalue weighted by atomic mass is 10.1. The highest BCUT2D eigenvalue weighted by Gasteiger charge is 2.26. The van der Waals surface area contributed by atoms with E-state index in [9.17, 15) is 4.79 Å². The lowest BCUT2D eigenvalue weighted by Gasteiger charge is -2.37. The molecule has 1 aromatic carbocycles. The number of aromatic nitrogens is 1. The molecule has 140 valence electrons. The summed E-state index contributed by atoms with van der Waals surface area (Å²) in [6, 6.07) is 7.17. The highest BCUT2D eigenvalue weighted by atomic mass is 35.5. The van der Waals surface area contributed by atoms with Crippen LogP contribution < -0.4 is 5.32 Å². The van der Waals surface area contributed by atoms with Crippen molar-refractivity contribution in [2.24, 2.45) is 0 Å². The molecular formula is C18H22Cl2N4O2. The molecule has 1 aliphatic rings. The van der Waals surface area contributed by atoms with Crippen molar-refractivity contribution in [1.29, 1.82) is 0 Å². The summed E-state index contributed by atoms with van der Waals surface area (Å²) >= 11 is 12.4. The molecule has 2 aromatic rings. The van der Waals surface area contributed by atoms with Gasteiger partial charge in [-0.25, -0.2) is 0 Å². The molecule has 1 atom stereocenters. The van der Waals surface area contributed by atoms with Gasteiger partial charge in [0.05, 0.1) is 21.8 Å². The van der Waals surface area contributed by atoms with Crippen molar-refractivity contribution in [1.82, 2.24) is 15.0 Å². The summed E-state index contributed by atoms with van der Waals surface area (Å²) in [5.41, 5.74) is 1.76. The lowest BCUT2D eigenvalue weighted by Crippen LogP contribution is -2.52. The van der Waals surface area contributed by atoms with Crippen molar-refractivity contribution in [3.05, 3.63) is 45.6 Å². The van der Waals surface area contributed by atoms with E-state index < -0.39 is 0 Å². The molecule has 3 rings (SSSR count). The van der Waals surface area contributed by atoms with E-state index in [0.29, 0.717) is 15.9 Å². The number of benzene rings is 1. The lowest BCUT2D eigenvalue weighted by molar-refractivity contribution is -0.121. The second kappa shape index (κ2) is 8.39. The van der Waals surface area contributed by atoms with Crippen LogP contribution in [0.25, 0.3) is 0 Å². The van der Waals surface area contributed by atoms with Gasteiger partial charge in [0.25, 0.3) is 0 Å². The molecule has 0 aliphatic carbocycles. The number of hydrogen-bond acceptors (Lipinski definition) is 5. The Bertz CT molecular complexity index is 772. The van der Waals surface area contributed by atoms with E-state index in [4.69, 9.17) is 27.7 Å². The number of anilines is 1. The minimum absolute atomic E-state index is 0.0903. The van der Waals surface area contributed by atoms with Crippen LogP contribution in [0.2, 0.25) is 10.0 Å². The van der Waals surface area contributed by atoms with Gasteiger partial charge in [0.15, 0.2) is 0 Å². The standard InChI is InChI=1S/C18H22Cl2N4O2/c1-12-10-16(26-22-12)21-18(25)13(2)24-8-6-23(7-9-24)11-14-4-3-5-15(19)17(14)20/h3-5,10,13H,6-9,11H2,1-2H3,(H,21,25). The Labute approximate surface area is 163 Å². The molecule has 1 saturated heterocycles. The normalized spacial score (nSPS) is 17.2. The molecule has 1 aliphatic heterocycles. The number of carbonyl (C=O) groups is 1. The first-order valence-electron chi connectivity index (χ1n) is 8.57. The fraction of sp³-hybridized carbons (Fsp3) is 0.444. The third-order valence-corrected chi connectivity index (χ3v) is 5.49. The molecule has 6 nitrogen and oxygen atoms in total. The molecule has 1 fully saturated rings. The van der Waals surface area contributed by atoms with E-state index in [1.165, 1.54) is 0 Å². The molecule has 0 bridgehead atoms. The van der Waals surface area contributed by atoms with Crippen molar-refractivity contribution >= 4 is 35.0 Å². The molecule has 0 spiro atoms. The molecule has 2 heterocycles. The van der Waals surface area contributed by atoms with Crippen molar-refractivity contribution in [3.63, 3.8) is 0 Å². The maximum Gasteiger partial charge on any atom is 0.243 e. The number of piperazine rings is 1. The van der Waals surface area contributed by atoms with Crippen LogP contribution >= 0.6 is 23.2 Å². The maximum absolute atomic E-state index is 12.4. The number of amides is 1. The minimum Gasteiger partial charge on any atom is -0.338 e. The zero-order valence-electron chi connectivity index (χ0n) is 14.8.